The van der Waals surface area contributed by atoms with Crippen LogP contribution in [0.15, 0.2) is 23.1 Å². The second-order valence-corrected chi connectivity index (χ2v) is 6.14. The summed E-state index contributed by atoms with van der Waals surface area (Å²) in [5.41, 5.74) is 7.57. The highest BCUT2D eigenvalue weighted by molar-refractivity contribution is 7.99. The lowest BCUT2D eigenvalue weighted by Crippen LogP contribution is -2.36. The predicted molar refractivity (Wildman–Crippen MR) is 80.2 cm³/mol. The van der Waals surface area contributed by atoms with E-state index in [2.05, 4.69) is 32.0 Å². The largest absolute Gasteiger partial charge is 0.389 e. The lowest BCUT2D eigenvalue weighted by molar-refractivity contribution is 0.0360. The van der Waals surface area contributed by atoms with Crippen molar-refractivity contribution in [3.63, 3.8) is 0 Å². The summed E-state index contributed by atoms with van der Waals surface area (Å²) in [5.74, 6) is 1.03. The Hall–Kier alpha value is -0.510. The molecule has 0 fully saturated rings. The van der Waals surface area contributed by atoms with E-state index >= 15 is 0 Å². The van der Waals surface area contributed by atoms with Gasteiger partial charge in [0.05, 0.1) is 5.60 Å². The SMILES string of the molecule is CCC(O)(CN)CCCSc1ccc(C)cc1C. The molecule has 0 radical (unpaired) electrons. The molecule has 3 heteroatoms. The first-order valence-corrected chi connectivity index (χ1v) is 7.62. The van der Waals surface area contributed by atoms with Crippen LogP contribution in [0.3, 0.4) is 0 Å². The molecule has 1 unspecified atom stereocenters. The predicted octanol–water partition coefficient (Wildman–Crippen LogP) is 3.28. The van der Waals surface area contributed by atoms with Gasteiger partial charge in [-0.25, -0.2) is 0 Å². The molecule has 0 bridgehead atoms. The zero-order chi connectivity index (χ0) is 13.6. The Morgan fingerprint density at radius 1 is 1.33 bits per heavy atom. The van der Waals surface area contributed by atoms with Crippen LogP contribution >= 0.6 is 11.8 Å². The van der Waals surface area contributed by atoms with Crippen LogP contribution in [0.2, 0.25) is 0 Å². The Morgan fingerprint density at radius 2 is 2.06 bits per heavy atom. The molecule has 0 aliphatic heterocycles. The second kappa shape index (κ2) is 7.17. The summed E-state index contributed by atoms with van der Waals surface area (Å²) in [6, 6.07) is 6.55. The van der Waals surface area contributed by atoms with Crippen molar-refractivity contribution >= 4 is 11.8 Å². The number of benzene rings is 1. The van der Waals surface area contributed by atoms with Crippen molar-refractivity contribution in [2.75, 3.05) is 12.3 Å². The molecule has 18 heavy (non-hydrogen) atoms. The third-order valence-corrected chi connectivity index (χ3v) is 4.67. The van der Waals surface area contributed by atoms with Gasteiger partial charge in [-0.05, 0) is 50.5 Å². The van der Waals surface area contributed by atoms with Crippen molar-refractivity contribution in [1.29, 1.82) is 0 Å². The highest BCUT2D eigenvalue weighted by Crippen LogP contribution is 2.25. The number of hydrogen-bond acceptors (Lipinski definition) is 3. The van der Waals surface area contributed by atoms with Crippen LogP contribution in [0.5, 0.6) is 0 Å². The van der Waals surface area contributed by atoms with E-state index < -0.39 is 5.60 Å². The fraction of sp³-hybridized carbons (Fsp3) is 0.600. The maximum atomic E-state index is 10.1. The molecule has 0 aliphatic carbocycles. The fourth-order valence-electron chi connectivity index (χ4n) is 1.97. The fourth-order valence-corrected chi connectivity index (χ4v) is 2.93. The zero-order valence-corrected chi connectivity index (χ0v) is 12.5. The Kier molecular flexibility index (Phi) is 6.19. The minimum Gasteiger partial charge on any atom is -0.389 e. The van der Waals surface area contributed by atoms with Crippen LogP contribution in [0.4, 0.5) is 0 Å². The molecular formula is C15H25NOS. The van der Waals surface area contributed by atoms with E-state index in [0.29, 0.717) is 6.54 Å². The molecule has 1 aromatic rings. The summed E-state index contributed by atoms with van der Waals surface area (Å²) in [5, 5.41) is 10.1. The van der Waals surface area contributed by atoms with E-state index in [1.807, 2.05) is 18.7 Å². The average Bonchev–Trinajstić information content (AvgIpc) is 2.36. The molecular weight excluding hydrogens is 242 g/mol. The molecule has 0 spiro atoms. The lowest BCUT2D eigenvalue weighted by Gasteiger charge is -2.24. The van der Waals surface area contributed by atoms with Crippen molar-refractivity contribution in [2.24, 2.45) is 5.73 Å². The number of rotatable bonds is 7. The lowest BCUT2D eigenvalue weighted by atomic mass is 9.95. The van der Waals surface area contributed by atoms with Crippen LogP contribution in [0.1, 0.15) is 37.3 Å². The van der Waals surface area contributed by atoms with Crippen LogP contribution in [0, 0.1) is 13.8 Å². The van der Waals surface area contributed by atoms with Crippen LogP contribution in [-0.4, -0.2) is 23.0 Å². The van der Waals surface area contributed by atoms with Crippen LogP contribution in [0.25, 0.3) is 0 Å². The number of aliphatic hydroxyl groups is 1. The molecule has 0 heterocycles. The Morgan fingerprint density at radius 3 is 2.61 bits per heavy atom. The van der Waals surface area contributed by atoms with Gasteiger partial charge in [0.1, 0.15) is 0 Å². The first-order chi connectivity index (χ1) is 8.50. The van der Waals surface area contributed by atoms with E-state index in [4.69, 9.17) is 5.73 Å². The molecule has 0 aromatic heterocycles. The standard InChI is InChI=1S/C15H25NOS/c1-4-15(17,11-16)8-5-9-18-14-7-6-12(2)10-13(14)3/h6-7,10,17H,4-5,8-9,11,16H2,1-3H3. The molecule has 3 N–H and O–H groups in total. The van der Waals surface area contributed by atoms with Gasteiger partial charge in [0.25, 0.3) is 0 Å². The second-order valence-electron chi connectivity index (χ2n) is 5.00. The third-order valence-electron chi connectivity index (χ3n) is 3.41. The molecule has 0 amide bonds. The van der Waals surface area contributed by atoms with E-state index in [-0.39, 0.29) is 0 Å². The van der Waals surface area contributed by atoms with Crippen LogP contribution in [-0.2, 0) is 0 Å². The van der Waals surface area contributed by atoms with Gasteiger partial charge in [0.15, 0.2) is 0 Å². The highest BCUT2D eigenvalue weighted by Gasteiger charge is 2.21. The Bertz CT molecular complexity index is 375. The summed E-state index contributed by atoms with van der Waals surface area (Å²) in [6.45, 7) is 6.61. The summed E-state index contributed by atoms with van der Waals surface area (Å²) in [7, 11) is 0. The van der Waals surface area contributed by atoms with E-state index in [1.165, 1.54) is 16.0 Å². The normalized spacial score (nSPS) is 14.5. The number of aryl methyl sites for hydroxylation is 2. The van der Waals surface area contributed by atoms with Crippen molar-refractivity contribution in [3.8, 4) is 0 Å². The Labute approximate surface area is 115 Å². The first-order valence-electron chi connectivity index (χ1n) is 6.63. The number of hydrogen-bond donors (Lipinski definition) is 2. The third kappa shape index (κ3) is 4.63. The maximum Gasteiger partial charge on any atom is 0.0767 e. The quantitative estimate of drug-likeness (QED) is 0.589. The van der Waals surface area contributed by atoms with E-state index in [0.717, 1.165) is 25.0 Å². The van der Waals surface area contributed by atoms with E-state index in [9.17, 15) is 5.11 Å². The monoisotopic (exact) mass is 267 g/mol. The minimum atomic E-state index is -0.664. The van der Waals surface area contributed by atoms with Gasteiger partial charge < -0.3 is 10.8 Å². The van der Waals surface area contributed by atoms with Crippen LogP contribution < -0.4 is 5.73 Å². The van der Waals surface area contributed by atoms with Crippen molar-refractivity contribution in [3.05, 3.63) is 29.3 Å². The topological polar surface area (TPSA) is 46.2 Å². The Balaban J connectivity index is 2.38. The van der Waals surface area contributed by atoms with Gasteiger partial charge in [0, 0.05) is 11.4 Å². The summed E-state index contributed by atoms with van der Waals surface area (Å²) in [6.07, 6.45) is 2.52. The molecule has 0 aliphatic rings. The van der Waals surface area contributed by atoms with Gasteiger partial charge in [-0.15, -0.1) is 11.8 Å². The van der Waals surface area contributed by atoms with Gasteiger partial charge >= 0.3 is 0 Å². The molecule has 102 valence electrons. The number of nitrogens with two attached hydrogens (primary N) is 1. The smallest absolute Gasteiger partial charge is 0.0767 e. The number of thioether (sulfide) groups is 1. The van der Waals surface area contributed by atoms with Crippen molar-refractivity contribution in [1.82, 2.24) is 0 Å². The van der Waals surface area contributed by atoms with Crippen molar-refractivity contribution in [2.45, 2.75) is 50.5 Å². The first kappa shape index (κ1) is 15.5. The van der Waals surface area contributed by atoms with Crippen molar-refractivity contribution < 1.29 is 5.11 Å². The zero-order valence-electron chi connectivity index (χ0n) is 11.7. The molecule has 1 atom stereocenters. The molecule has 0 saturated carbocycles. The average molecular weight is 267 g/mol. The minimum absolute atomic E-state index is 0.359. The molecule has 0 saturated heterocycles. The summed E-state index contributed by atoms with van der Waals surface area (Å²) >= 11 is 1.87. The molecule has 1 aromatic carbocycles. The molecule has 2 nitrogen and oxygen atoms in total. The van der Waals surface area contributed by atoms with E-state index in [1.54, 1.807) is 0 Å². The summed E-state index contributed by atoms with van der Waals surface area (Å²) in [4.78, 5) is 1.34. The van der Waals surface area contributed by atoms with Gasteiger partial charge in [0.2, 0.25) is 0 Å². The molecule has 1 rings (SSSR count). The summed E-state index contributed by atoms with van der Waals surface area (Å²) < 4.78 is 0. The van der Waals surface area contributed by atoms with Gasteiger partial charge in [-0.2, -0.15) is 0 Å². The van der Waals surface area contributed by atoms with Gasteiger partial charge in [-0.1, -0.05) is 24.6 Å². The highest BCUT2D eigenvalue weighted by atomic mass is 32.2. The van der Waals surface area contributed by atoms with Gasteiger partial charge in [-0.3, -0.25) is 0 Å². The maximum absolute atomic E-state index is 10.1.